The quantitative estimate of drug-likeness (QED) is 0.799. The Kier molecular flexibility index (Phi) is 6.10. The first kappa shape index (κ1) is 18.0. The van der Waals surface area contributed by atoms with E-state index in [4.69, 9.17) is 0 Å². The predicted octanol–water partition coefficient (Wildman–Crippen LogP) is 3.70. The number of hydrogen-bond donors (Lipinski definition) is 1. The first-order valence-electron chi connectivity index (χ1n) is 8.59. The third-order valence-corrected chi connectivity index (χ3v) is 5.53. The van der Waals surface area contributed by atoms with E-state index in [-0.39, 0.29) is 23.0 Å². The van der Waals surface area contributed by atoms with Gasteiger partial charge in [-0.2, -0.15) is 0 Å². The first-order chi connectivity index (χ1) is 12.1. The van der Waals surface area contributed by atoms with Crippen LogP contribution in [0.25, 0.3) is 0 Å². The Balaban J connectivity index is 1.47. The SMILES string of the molecule is CC(Sc1ccccc1F)C(=O)NC1CCN(Cc2ccccc2)C1. The topological polar surface area (TPSA) is 32.3 Å². The fourth-order valence-electron chi connectivity index (χ4n) is 3.04. The Morgan fingerprint density at radius 3 is 2.72 bits per heavy atom. The van der Waals surface area contributed by atoms with Gasteiger partial charge in [-0.15, -0.1) is 11.8 Å². The molecule has 1 amide bonds. The first-order valence-corrected chi connectivity index (χ1v) is 9.47. The fraction of sp³-hybridized carbons (Fsp3) is 0.350. The van der Waals surface area contributed by atoms with Crippen LogP contribution in [-0.4, -0.2) is 35.2 Å². The number of rotatable bonds is 6. The van der Waals surface area contributed by atoms with Crippen LogP contribution < -0.4 is 5.32 Å². The summed E-state index contributed by atoms with van der Waals surface area (Å²) in [5.74, 6) is -0.304. The lowest BCUT2D eigenvalue weighted by atomic mass is 10.2. The second kappa shape index (κ2) is 8.50. The lowest BCUT2D eigenvalue weighted by molar-refractivity contribution is -0.120. The fourth-order valence-corrected chi connectivity index (χ4v) is 3.93. The van der Waals surface area contributed by atoms with Crippen LogP contribution in [0.5, 0.6) is 0 Å². The van der Waals surface area contributed by atoms with Crippen molar-refractivity contribution in [2.24, 2.45) is 0 Å². The van der Waals surface area contributed by atoms with Crippen molar-refractivity contribution in [1.29, 1.82) is 0 Å². The van der Waals surface area contributed by atoms with Crippen molar-refractivity contribution in [1.82, 2.24) is 10.2 Å². The van der Waals surface area contributed by atoms with Crippen molar-refractivity contribution in [3.05, 3.63) is 66.0 Å². The van der Waals surface area contributed by atoms with Crippen LogP contribution >= 0.6 is 11.8 Å². The average molecular weight is 358 g/mol. The number of nitrogens with one attached hydrogen (secondary N) is 1. The van der Waals surface area contributed by atoms with Gasteiger partial charge >= 0.3 is 0 Å². The molecule has 3 nitrogen and oxygen atoms in total. The molecule has 132 valence electrons. The third-order valence-electron chi connectivity index (χ3n) is 4.38. The number of nitrogens with zero attached hydrogens (tertiary/aromatic N) is 1. The largest absolute Gasteiger partial charge is 0.351 e. The van der Waals surface area contributed by atoms with Crippen molar-refractivity contribution in [2.75, 3.05) is 13.1 Å². The lowest BCUT2D eigenvalue weighted by Gasteiger charge is -2.18. The van der Waals surface area contributed by atoms with Crippen molar-refractivity contribution >= 4 is 17.7 Å². The van der Waals surface area contributed by atoms with Gasteiger partial charge in [-0.3, -0.25) is 9.69 Å². The van der Waals surface area contributed by atoms with Crippen LogP contribution in [0.3, 0.4) is 0 Å². The van der Waals surface area contributed by atoms with E-state index in [0.717, 1.165) is 26.1 Å². The van der Waals surface area contributed by atoms with Crippen molar-refractivity contribution in [2.45, 2.75) is 36.1 Å². The zero-order chi connectivity index (χ0) is 17.6. The van der Waals surface area contributed by atoms with Crippen LogP contribution in [0, 0.1) is 5.82 Å². The summed E-state index contributed by atoms with van der Waals surface area (Å²) in [6.45, 7) is 4.57. The molecule has 1 heterocycles. The highest BCUT2D eigenvalue weighted by molar-refractivity contribution is 8.00. The van der Waals surface area contributed by atoms with Crippen LogP contribution in [0.2, 0.25) is 0 Å². The van der Waals surface area contributed by atoms with Crippen LogP contribution in [0.15, 0.2) is 59.5 Å². The van der Waals surface area contributed by atoms with Gasteiger partial charge in [0.2, 0.25) is 5.91 Å². The lowest BCUT2D eigenvalue weighted by Crippen LogP contribution is -2.40. The number of thioether (sulfide) groups is 1. The second-order valence-corrected chi connectivity index (χ2v) is 7.79. The molecule has 0 radical (unpaired) electrons. The molecule has 0 spiro atoms. The molecule has 1 aliphatic rings. The summed E-state index contributed by atoms with van der Waals surface area (Å²) >= 11 is 1.26. The minimum absolute atomic E-state index is 0.0279. The van der Waals surface area contributed by atoms with Gasteiger partial charge in [-0.1, -0.05) is 42.5 Å². The summed E-state index contributed by atoms with van der Waals surface area (Å²) < 4.78 is 13.7. The second-order valence-electron chi connectivity index (χ2n) is 6.41. The Hall–Kier alpha value is -1.85. The van der Waals surface area contributed by atoms with E-state index in [1.165, 1.54) is 23.4 Å². The number of halogens is 1. The van der Waals surface area contributed by atoms with Gasteiger partial charge in [0.15, 0.2) is 0 Å². The summed E-state index contributed by atoms with van der Waals surface area (Å²) in [6, 6.07) is 17.1. The third kappa shape index (κ3) is 5.06. The van der Waals surface area contributed by atoms with Crippen molar-refractivity contribution < 1.29 is 9.18 Å². The number of benzene rings is 2. The van der Waals surface area contributed by atoms with Crippen LogP contribution in [0.4, 0.5) is 4.39 Å². The molecule has 5 heteroatoms. The summed E-state index contributed by atoms with van der Waals surface area (Å²) in [5.41, 5.74) is 1.29. The van der Waals surface area contributed by atoms with Gasteiger partial charge in [0.25, 0.3) is 0 Å². The number of hydrogen-bond acceptors (Lipinski definition) is 3. The molecule has 3 rings (SSSR count). The zero-order valence-electron chi connectivity index (χ0n) is 14.3. The van der Waals surface area contributed by atoms with Gasteiger partial charge in [-0.05, 0) is 31.0 Å². The minimum atomic E-state index is -0.319. The Labute approximate surface area is 152 Å². The summed E-state index contributed by atoms with van der Waals surface area (Å²) in [7, 11) is 0. The molecule has 0 bridgehead atoms. The van der Waals surface area contributed by atoms with E-state index in [9.17, 15) is 9.18 Å². The average Bonchev–Trinajstić information content (AvgIpc) is 3.04. The Bertz CT molecular complexity index is 710. The van der Waals surface area contributed by atoms with E-state index < -0.39 is 0 Å². The van der Waals surface area contributed by atoms with Crippen molar-refractivity contribution in [3.8, 4) is 0 Å². The molecule has 0 aromatic heterocycles. The molecular formula is C20H23FN2OS. The monoisotopic (exact) mass is 358 g/mol. The summed E-state index contributed by atoms with van der Waals surface area (Å²) in [5, 5.41) is 2.79. The molecule has 2 unspecified atom stereocenters. The van der Waals surface area contributed by atoms with Crippen LogP contribution in [0.1, 0.15) is 18.9 Å². The Morgan fingerprint density at radius 2 is 1.96 bits per heavy atom. The molecule has 25 heavy (non-hydrogen) atoms. The molecule has 1 N–H and O–H groups in total. The number of carbonyl (C=O) groups excluding carboxylic acids is 1. The van der Waals surface area contributed by atoms with Gasteiger partial charge in [0.1, 0.15) is 5.82 Å². The van der Waals surface area contributed by atoms with Crippen molar-refractivity contribution in [3.63, 3.8) is 0 Å². The zero-order valence-corrected chi connectivity index (χ0v) is 15.1. The van der Waals surface area contributed by atoms with Gasteiger partial charge < -0.3 is 5.32 Å². The smallest absolute Gasteiger partial charge is 0.233 e. The normalized spacial score (nSPS) is 18.9. The molecule has 2 atom stereocenters. The highest BCUT2D eigenvalue weighted by atomic mass is 32.2. The van der Waals surface area contributed by atoms with E-state index in [2.05, 4.69) is 22.3 Å². The van der Waals surface area contributed by atoms with E-state index >= 15 is 0 Å². The molecule has 2 aromatic carbocycles. The standard InChI is InChI=1S/C20H23FN2OS/c1-15(25-19-10-6-5-9-18(19)21)20(24)22-17-11-12-23(14-17)13-16-7-3-2-4-8-16/h2-10,15,17H,11-14H2,1H3,(H,22,24). The van der Waals surface area contributed by atoms with E-state index in [1.54, 1.807) is 18.2 Å². The number of carbonyl (C=O) groups is 1. The molecule has 1 aliphatic heterocycles. The maximum atomic E-state index is 13.7. The molecule has 2 aromatic rings. The van der Waals surface area contributed by atoms with E-state index in [1.807, 2.05) is 25.1 Å². The maximum absolute atomic E-state index is 13.7. The molecule has 0 aliphatic carbocycles. The maximum Gasteiger partial charge on any atom is 0.233 e. The van der Waals surface area contributed by atoms with E-state index in [0.29, 0.717) is 4.90 Å². The van der Waals surface area contributed by atoms with Crippen LogP contribution in [-0.2, 0) is 11.3 Å². The molecule has 0 saturated carbocycles. The summed E-state index contributed by atoms with van der Waals surface area (Å²) in [6.07, 6.45) is 0.954. The highest BCUT2D eigenvalue weighted by Gasteiger charge is 2.26. The van der Waals surface area contributed by atoms with Gasteiger partial charge in [-0.25, -0.2) is 4.39 Å². The number of likely N-dealkylation sites (tertiary alicyclic amines) is 1. The summed E-state index contributed by atoms with van der Waals surface area (Å²) in [4.78, 5) is 15.3. The number of amides is 1. The minimum Gasteiger partial charge on any atom is -0.351 e. The van der Waals surface area contributed by atoms with Gasteiger partial charge in [0.05, 0.1) is 5.25 Å². The predicted molar refractivity (Wildman–Crippen MR) is 100.0 cm³/mol. The van der Waals surface area contributed by atoms with Gasteiger partial charge in [0, 0.05) is 30.6 Å². The molecule has 1 fully saturated rings. The Morgan fingerprint density at radius 1 is 1.24 bits per heavy atom. The molecule has 1 saturated heterocycles. The highest BCUT2D eigenvalue weighted by Crippen LogP contribution is 2.26. The molecular weight excluding hydrogens is 335 g/mol.